The van der Waals surface area contributed by atoms with Gasteiger partial charge in [-0.15, -0.1) is 6.58 Å². The van der Waals surface area contributed by atoms with Crippen LogP contribution >= 0.6 is 0 Å². The van der Waals surface area contributed by atoms with E-state index in [-0.39, 0.29) is 17.9 Å². The Morgan fingerprint density at radius 3 is 2.83 bits per heavy atom. The van der Waals surface area contributed by atoms with Gasteiger partial charge in [0.15, 0.2) is 0 Å². The molecule has 18 heavy (non-hydrogen) atoms. The number of nitrogens with two attached hydrogens (primary N) is 1. The summed E-state index contributed by atoms with van der Waals surface area (Å²) >= 11 is 0. The van der Waals surface area contributed by atoms with Crippen LogP contribution in [-0.2, 0) is 17.9 Å². The number of rotatable bonds is 7. The Kier molecular flexibility index (Phi) is 5.09. The molecule has 0 spiro atoms. The van der Waals surface area contributed by atoms with Crippen LogP contribution in [0, 0.1) is 12.8 Å². The van der Waals surface area contributed by atoms with Gasteiger partial charge in [-0.2, -0.15) is 5.10 Å². The van der Waals surface area contributed by atoms with Crippen molar-refractivity contribution in [3.8, 4) is 0 Å². The standard InChI is InChI=1S/C13H22N4O/c1-5-6-17-8-11(10(4)16-17)7-15-12(9(2)3)13(14)18/h5,8-9,12,15H,1,6-7H2,2-4H3,(H2,14,18)/t12-/m0/s1. The molecule has 1 atom stereocenters. The molecule has 0 aliphatic rings. The van der Waals surface area contributed by atoms with Crippen LogP contribution in [0.5, 0.6) is 0 Å². The van der Waals surface area contributed by atoms with Gasteiger partial charge in [-0.1, -0.05) is 19.9 Å². The van der Waals surface area contributed by atoms with Gasteiger partial charge in [-0.05, 0) is 12.8 Å². The minimum absolute atomic E-state index is 0.172. The molecule has 5 nitrogen and oxygen atoms in total. The minimum Gasteiger partial charge on any atom is -0.368 e. The molecule has 0 saturated heterocycles. The lowest BCUT2D eigenvalue weighted by molar-refractivity contribution is -0.121. The summed E-state index contributed by atoms with van der Waals surface area (Å²) in [4.78, 5) is 11.3. The molecular weight excluding hydrogens is 228 g/mol. The maximum Gasteiger partial charge on any atom is 0.234 e. The number of hydrogen-bond acceptors (Lipinski definition) is 3. The quantitative estimate of drug-likeness (QED) is 0.708. The molecule has 0 aromatic carbocycles. The first-order valence-corrected chi connectivity index (χ1v) is 6.12. The number of aryl methyl sites for hydroxylation is 1. The normalized spacial score (nSPS) is 12.7. The van der Waals surface area contributed by atoms with Crippen molar-refractivity contribution >= 4 is 5.91 Å². The lowest BCUT2D eigenvalue weighted by Gasteiger charge is -2.18. The fourth-order valence-electron chi connectivity index (χ4n) is 1.84. The average molecular weight is 250 g/mol. The van der Waals surface area contributed by atoms with Crippen molar-refractivity contribution in [2.75, 3.05) is 0 Å². The summed E-state index contributed by atoms with van der Waals surface area (Å²) in [6, 6.07) is -0.313. The molecule has 0 aliphatic heterocycles. The van der Waals surface area contributed by atoms with Gasteiger partial charge in [0.1, 0.15) is 0 Å². The number of nitrogens with one attached hydrogen (secondary N) is 1. The van der Waals surface area contributed by atoms with E-state index in [9.17, 15) is 4.79 Å². The molecule has 1 amide bonds. The fourth-order valence-corrected chi connectivity index (χ4v) is 1.84. The Balaban J connectivity index is 2.67. The first kappa shape index (κ1) is 14.4. The molecule has 0 fully saturated rings. The van der Waals surface area contributed by atoms with Gasteiger partial charge in [-0.3, -0.25) is 9.48 Å². The number of primary amides is 1. The Morgan fingerprint density at radius 2 is 2.33 bits per heavy atom. The lowest BCUT2D eigenvalue weighted by atomic mass is 10.0. The van der Waals surface area contributed by atoms with Crippen LogP contribution in [0.1, 0.15) is 25.1 Å². The second-order valence-electron chi connectivity index (χ2n) is 4.76. The largest absolute Gasteiger partial charge is 0.368 e. The van der Waals surface area contributed by atoms with E-state index in [0.717, 1.165) is 11.3 Å². The zero-order chi connectivity index (χ0) is 13.7. The summed E-state index contributed by atoms with van der Waals surface area (Å²) in [5.74, 6) is -0.146. The third kappa shape index (κ3) is 3.70. The monoisotopic (exact) mass is 250 g/mol. The lowest BCUT2D eigenvalue weighted by Crippen LogP contribution is -2.44. The fraction of sp³-hybridized carbons (Fsp3) is 0.538. The van der Waals surface area contributed by atoms with Gasteiger partial charge in [0.2, 0.25) is 5.91 Å². The predicted octanol–water partition coefficient (Wildman–Crippen LogP) is 0.977. The Hall–Kier alpha value is -1.62. The van der Waals surface area contributed by atoms with Crippen LogP contribution in [0.15, 0.2) is 18.9 Å². The van der Waals surface area contributed by atoms with E-state index in [0.29, 0.717) is 13.1 Å². The molecule has 3 N–H and O–H groups in total. The van der Waals surface area contributed by atoms with Gasteiger partial charge in [0.25, 0.3) is 0 Å². The molecule has 100 valence electrons. The second kappa shape index (κ2) is 6.35. The summed E-state index contributed by atoms with van der Waals surface area (Å²) < 4.78 is 1.83. The topological polar surface area (TPSA) is 72.9 Å². The summed E-state index contributed by atoms with van der Waals surface area (Å²) in [7, 11) is 0. The zero-order valence-corrected chi connectivity index (χ0v) is 11.3. The van der Waals surface area contributed by atoms with Crippen molar-refractivity contribution in [2.45, 2.75) is 39.9 Å². The molecular formula is C13H22N4O. The molecule has 0 bridgehead atoms. The maximum atomic E-state index is 11.3. The number of aromatic nitrogens is 2. The number of carbonyl (C=O) groups excluding carboxylic acids is 1. The Labute approximate surface area is 108 Å². The van der Waals surface area contributed by atoms with Crippen LogP contribution in [0.4, 0.5) is 0 Å². The first-order chi connectivity index (χ1) is 8.45. The predicted molar refractivity (Wildman–Crippen MR) is 71.8 cm³/mol. The van der Waals surface area contributed by atoms with Gasteiger partial charge < -0.3 is 11.1 Å². The summed E-state index contributed by atoms with van der Waals surface area (Å²) in [6.07, 6.45) is 3.76. The molecule has 1 rings (SSSR count). The second-order valence-corrected chi connectivity index (χ2v) is 4.76. The Morgan fingerprint density at radius 1 is 1.67 bits per heavy atom. The van der Waals surface area contributed by atoms with Gasteiger partial charge in [0, 0.05) is 18.3 Å². The number of nitrogens with zero attached hydrogens (tertiary/aromatic N) is 2. The van der Waals surface area contributed by atoms with E-state index in [4.69, 9.17) is 5.73 Å². The van der Waals surface area contributed by atoms with E-state index < -0.39 is 0 Å². The van der Waals surface area contributed by atoms with E-state index in [1.807, 2.05) is 31.6 Å². The molecule has 5 heteroatoms. The molecule has 0 unspecified atom stereocenters. The smallest absolute Gasteiger partial charge is 0.234 e. The maximum absolute atomic E-state index is 11.3. The number of hydrogen-bond donors (Lipinski definition) is 2. The Bertz CT molecular complexity index is 423. The molecule has 0 aliphatic carbocycles. The zero-order valence-electron chi connectivity index (χ0n) is 11.3. The molecule has 0 radical (unpaired) electrons. The van der Waals surface area contributed by atoms with Crippen molar-refractivity contribution in [2.24, 2.45) is 11.7 Å². The molecule has 1 aromatic heterocycles. The third-order valence-corrected chi connectivity index (χ3v) is 2.85. The van der Waals surface area contributed by atoms with E-state index in [1.165, 1.54) is 0 Å². The SMILES string of the molecule is C=CCn1cc(CN[C@H](C(N)=O)C(C)C)c(C)n1. The van der Waals surface area contributed by atoms with Crippen molar-refractivity contribution in [3.05, 3.63) is 30.1 Å². The average Bonchev–Trinajstić information content (AvgIpc) is 2.59. The summed E-state index contributed by atoms with van der Waals surface area (Å²) in [5, 5.41) is 7.53. The van der Waals surface area contributed by atoms with Gasteiger partial charge >= 0.3 is 0 Å². The number of carbonyl (C=O) groups is 1. The van der Waals surface area contributed by atoms with Crippen molar-refractivity contribution in [1.29, 1.82) is 0 Å². The van der Waals surface area contributed by atoms with Gasteiger partial charge in [-0.25, -0.2) is 0 Å². The number of allylic oxidation sites excluding steroid dienone is 1. The molecule has 1 aromatic rings. The minimum atomic E-state index is -0.318. The van der Waals surface area contributed by atoms with Crippen LogP contribution in [-0.4, -0.2) is 21.7 Å². The molecule has 1 heterocycles. The van der Waals surface area contributed by atoms with Crippen LogP contribution in [0.2, 0.25) is 0 Å². The van der Waals surface area contributed by atoms with Crippen molar-refractivity contribution in [3.63, 3.8) is 0 Å². The van der Waals surface area contributed by atoms with E-state index >= 15 is 0 Å². The molecule has 0 saturated carbocycles. The highest BCUT2D eigenvalue weighted by atomic mass is 16.1. The van der Waals surface area contributed by atoms with Crippen molar-refractivity contribution < 1.29 is 4.79 Å². The highest BCUT2D eigenvalue weighted by Gasteiger charge is 2.19. The van der Waals surface area contributed by atoms with Gasteiger partial charge in [0.05, 0.1) is 18.3 Å². The highest BCUT2D eigenvalue weighted by Crippen LogP contribution is 2.08. The van der Waals surface area contributed by atoms with E-state index in [1.54, 1.807) is 6.08 Å². The van der Waals surface area contributed by atoms with E-state index in [2.05, 4.69) is 17.0 Å². The highest BCUT2D eigenvalue weighted by molar-refractivity contribution is 5.80. The third-order valence-electron chi connectivity index (χ3n) is 2.85. The van der Waals surface area contributed by atoms with Crippen LogP contribution < -0.4 is 11.1 Å². The summed E-state index contributed by atoms with van der Waals surface area (Å²) in [6.45, 7) is 10.8. The number of amides is 1. The summed E-state index contributed by atoms with van der Waals surface area (Å²) in [5.41, 5.74) is 7.39. The van der Waals surface area contributed by atoms with Crippen molar-refractivity contribution in [1.82, 2.24) is 15.1 Å². The van der Waals surface area contributed by atoms with Crippen LogP contribution in [0.25, 0.3) is 0 Å². The first-order valence-electron chi connectivity index (χ1n) is 6.12. The van der Waals surface area contributed by atoms with Crippen LogP contribution in [0.3, 0.4) is 0 Å².